The van der Waals surface area contributed by atoms with E-state index in [-0.39, 0.29) is 6.54 Å². The number of rotatable bonds is 5. The summed E-state index contributed by atoms with van der Waals surface area (Å²) in [5, 5.41) is 10.6. The minimum absolute atomic E-state index is 0.258. The zero-order valence-electron chi connectivity index (χ0n) is 8.92. The van der Waals surface area contributed by atoms with Gasteiger partial charge in [-0.05, 0) is 12.1 Å². The van der Waals surface area contributed by atoms with Gasteiger partial charge >= 0.3 is 6.55 Å². The summed E-state index contributed by atoms with van der Waals surface area (Å²) in [6, 6.07) is 3.57. The fourth-order valence-corrected chi connectivity index (χ4v) is 1.39. The average molecular weight is 239 g/mol. The SMILES string of the molecule is FC(F)n1ccnc1CNCc1cccnn1. The maximum Gasteiger partial charge on any atom is 0.319 e. The largest absolute Gasteiger partial charge is 0.319 e. The first-order chi connectivity index (χ1) is 8.27. The van der Waals surface area contributed by atoms with Crippen LogP contribution in [0.4, 0.5) is 8.78 Å². The second kappa shape index (κ2) is 5.44. The highest BCUT2D eigenvalue weighted by molar-refractivity contribution is 4.99. The van der Waals surface area contributed by atoms with Gasteiger partial charge in [-0.3, -0.25) is 4.57 Å². The molecule has 0 saturated carbocycles. The van der Waals surface area contributed by atoms with Gasteiger partial charge in [-0.15, -0.1) is 0 Å². The van der Waals surface area contributed by atoms with Crippen LogP contribution in [0, 0.1) is 0 Å². The van der Waals surface area contributed by atoms with Crippen LogP contribution in [0.3, 0.4) is 0 Å². The van der Waals surface area contributed by atoms with E-state index in [9.17, 15) is 8.78 Å². The van der Waals surface area contributed by atoms with Crippen molar-refractivity contribution in [3.05, 3.63) is 42.2 Å². The lowest BCUT2D eigenvalue weighted by atomic mass is 10.4. The highest BCUT2D eigenvalue weighted by Crippen LogP contribution is 2.11. The molecule has 5 nitrogen and oxygen atoms in total. The number of halogens is 2. The van der Waals surface area contributed by atoms with E-state index >= 15 is 0 Å². The Morgan fingerprint density at radius 2 is 2.18 bits per heavy atom. The Kier molecular flexibility index (Phi) is 3.71. The van der Waals surface area contributed by atoms with Gasteiger partial charge in [0.05, 0.1) is 12.2 Å². The van der Waals surface area contributed by atoms with Gasteiger partial charge in [0.2, 0.25) is 0 Å². The van der Waals surface area contributed by atoms with Crippen molar-refractivity contribution >= 4 is 0 Å². The minimum atomic E-state index is -2.56. The number of aromatic nitrogens is 4. The first kappa shape index (κ1) is 11.6. The van der Waals surface area contributed by atoms with Crippen molar-refractivity contribution in [1.82, 2.24) is 25.1 Å². The van der Waals surface area contributed by atoms with Gasteiger partial charge < -0.3 is 5.32 Å². The lowest BCUT2D eigenvalue weighted by molar-refractivity contribution is 0.0666. The quantitative estimate of drug-likeness (QED) is 0.855. The second-order valence-electron chi connectivity index (χ2n) is 3.35. The minimum Gasteiger partial charge on any atom is -0.304 e. The van der Waals surface area contributed by atoms with Crippen LogP contribution in [-0.4, -0.2) is 19.7 Å². The molecule has 2 aromatic rings. The molecule has 7 heteroatoms. The van der Waals surface area contributed by atoms with E-state index in [2.05, 4.69) is 20.5 Å². The van der Waals surface area contributed by atoms with Crippen LogP contribution in [0.5, 0.6) is 0 Å². The van der Waals surface area contributed by atoms with Crippen molar-refractivity contribution < 1.29 is 8.78 Å². The molecule has 0 aromatic carbocycles. The molecule has 0 radical (unpaired) electrons. The summed E-state index contributed by atoms with van der Waals surface area (Å²) in [5.74, 6) is 0.295. The van der Waals surface area contributed by atoms with Crippen LogP contribution in [-0.2, 0) is 13.1 Å². The molecule has 0 aliphatic carbocycles. The van der Waals surface area contributed by atoms with Crippen molar-refractivity contribution in [3.63, 3.8) is 0 Å². The Morgan fingerprint density at radius 1 is 1.29 bits per heavy atom. The van der Waals surface area contributed by atoms with Gasteiger partial charge in [-0.2, -0.15) is 19.0 Å². The van der Waals surface area contributed by atoms with E-state index in [1.807, 2.05) is 0 Å². The highest BCUT2D eigenvalue weighted by Gasteiger charge is 2.10. The maximum absolute atomic E-state index is 12.5. The molecule has 0 spiro atoms. The van der Waals surface area contributed by atoms with Gasteiger partial charge in [0.25, 0.3) is 0 Å². The summed E-state index contributed by atoms with van der Waals surface area (Å²) in [6.45, 7) is -1.84. The Hall–Kier alpha value is -1.89. The molecule has 2 rings (SSSR count). The normalized spacial score (nSPS) is 11.0. The van der Waals surface area contributed by atoms with Crippen molar-refractivity contribution in [2.75, 3.05) is 0 Å². The van der Waals surface area contributed by atoms with Crippen LogP contribution in [0.2, 0.25) is 0 Å². The Labute approximate surface area is 96.5 Å². The molecular formula is C10H11F2N5. The summed E-state index contributed by atoms with van der Waals surface area (Å²) in [6.07, 6.45) is 4.18. The summed E-state index contributed by atoms with van der Waals surface area (Å²) in [5.41, 5.74) is 0.752. The Morgan fingerprint density at radius 3 is 2.88 bits per heavy atom. The summed E-state index contributed by atoms with van der Waals surface area (Å²) >= 11 is 0. The molecule has 0 amide bonds. The van der Waals surface area contributed by atoms with Crippen LogP contribution in [0.25, 0.3) is 0 Å². The standard InChI is InChI=1S/C10H11F2N5/c11-10(12)17-5-4-14-9(17)7-13-6-8-2-1-3-15-16-8/h1-5,10,13H,6-7H2. The van der Waals surface area contributed by atoms with Crippen LogP contribution in [0.15, 0.2) is 30.7 Å². The summed E-state index contributed by atoms with van der Waals surface area (Å²) < 4.78 is 25.8. The zero-order valence-corrected chi connectivity index (χ0v) is 8.92. The van der Waals surface area contributed by atoms with E-state index in [0.717, 1.165) is 10.3 Å². The monoisotopic (exact) mass is 239 g/mol. The van der Waals surface area contributed by atoms with E-state index in [0.29, 0.717) is 12.4 Å². The van der Waals surface area contributed by atoms with Crippen LogP contribution in [0.1, 0.15) is 18.1 Å². The topological polar surface area (TPSA) is 55.6 Å². The van der Waals surface area contributed by atoms with Crippen LogP contribution >= 0.6 is 0 Å². The zero-order chi connectivity index (χ0) is 12.1. The van der Waals surface area contributed by atoms with E-state index < -0.39 is 6.55 Å². The second-order valence-corrected chi connectivity index (χ2v) is 3.35. The fourth-order valence-electron chi connectivity index (χ4n) is 1.39. The van der Waals surface area contributed by atoms with Crippen molar-refractivity contribution in [2.24, 2.45) is 0 Å². The third-order valence-electron chi connectivity index (χ3n) is 2.18. The third-order valence-corrected chi connectivity index (χ3v) is 2.18. The highest BCUT2D eigenvalue weighted by atomic mass is 19.3. The number of nitrogens with one attached hydrogen (secondary N) is 1. The van der Waals surface area contributed by atoms with Crippen molar-refractivity contribution in [3.8, 4) is 0 Å². The summed E-state index contributed by atoms with van der Waals surface area (Å²) in [7, 11) is 0. The first-order valence-electron chi connectivity index (χ1n) is 5.04. The molecule has 0 saturated heterocycles. The van der Waals surface area contributed by atoms with Gasteiger partial charge in [0.15, 0.2) is 0 Å². The van der Waals surface area contributed by atoms with Gasteiger partial charge in [0.1, 0.15) is 5.82 Å². The van der Waals surface area contributed by atoms with E-state index in [1.165, 1.54) is 12.4 Å². The number of alkyl halides is 2. The maximum atomic E-state index is 12.5. The molecule has 1 N–H and O–H groups in total. The van der Waals surface area contributed by atoms with Gasteiger partial charge in [-0.25, -0.2) is 4.98 Å². The Bertz CT molecular complexity index is 457. The molecule has 90 valence electrons. The predicted molar refractivity (Wildman–Crippen MR) is 56.1 cm³/mol. The van der Waals surface area contributed by atoms with E-state index in [4.69, 9.17) is 0 Å². The molecule has 17 heavy (non-hydrogen) atoms. The summed E-state index contributed by atoms with van der Waals surface area (Å²) in [4.78, 5) is 3.85. The number of hydrogen-bond donors (Lipinski definition) is 1. The number of hydrogen-bond acceptors (Lipinski definition) is 4. The third kappa shape index (κ3) is 3.04. The molecule has 0 unspecified atom stereocenters. The molecule has 0 atom stereocenters. The predicted octanol–water partition coefficient (Wildman–Crippen LogP) is 1.36. The van der Waals surface area contributed by atoms with Gasteiger partial charge in [-0.1, -0.05) is 0 Å². The van der Waals surface area contributed by atoms with Gasteiger partial charge in [0, 0.05) is 25.1 Å². The van der Waals surface area contributed by atoms with Crippen molar-refractivity contribution in [2.45, 2.75) is 19.6 Å². The molecule has 2 aromatic heterocycles. The molecule has 2 heterocycles. The molecule has 0 aliphatic heterocycles. The van der Waals surface area contributed by atoms with Crippen molar-refractivity contribution in [1.29, 1.82) is 0 Å². The number of imidazole rings is 1. The first-order valence-corrected chi connectivity index (χ1v) is 5.04. The lowest BCUT2D eigenvalue weighted by Crippen LogP contribution is -2.17. The average Bonchev–Trinajstić information content (AvgIpc) is 2.79. The molecular weight excluding hydrogens is 228 g/mol. The lowest BCUT2D eigenvalue weighted by Gasteiger charge is -2.07. The number of nitrogens with zero attached hydrogens (tertiary/aromatic N) is 4. The molecule has 0 fully saturated rings. The van der Waals surface area contributed by atoms with Crippen LogP contribution < -0.4 is 5.32 Å². The molecule has 0 bridgehead atoms. The smallest absolute Gasteiger partial charge is 0.304 e. The van der Waals surface area contributed by atoms with E-state index in [1.54, 1.807) is 18.3 Å². The molecule has 0 aliphatic rings. The Balaban J connectivity index is 1.88. The fraction of sp³-hybridized carbons (Fsp3) is 0.300.